The Balaban J connectivity index is 2.37. The number of carbonyl (C=O) groups excluding carboxylic acids is 1. The summed E-state index contributed by atoms with van der Waals surface area (Å²) < 4.78 is 4.84. The van der Waals surface area contributed by atoms with E-state index in [2.05, 4.69) is 11.4 Å². The first-order valence-corrected chi connectivity index (χ1v) is 3.85. The van der Waals surface area contributed by atoms with E-state index in [-0.39, 0.29) is 13.2 Å². The van der Waals surface area contributed by atoms with E-state index in [4.69, 9.17) is 9.84 Å². The standard InChI is InChI=1S/C9H10NO3/c11-7-6-10-9(12)13-8-4-2-1-3-5-8/h2-5,11H,6-7H2,(H,10,12). The molecule has 0 saturated heterocycles. The van der Waals surface area contributed by atoms with Crippen LogP contribution in [0.25, 0.3) is 0 Å². The Morgan fingerprint density at radius 1 is 1.54 bits per heavy atom. The van der Waals surface area contributed by atoms with Gasteiger partial charge in [-0.3, -0.25) is 0 Å². The number of nitrogens with one attached hydrogen (secondary N) is 1. The van der Waals surface area contributed by atoms with Crippen LogP contribution in [-0.4, -0.2) is 24.4 Å². The maximum Gasteiger partial charge on any atom is 0.412 e. The van der Waals surface area contributed by atoms with Crippen LogP contribution in [0.2, 0.25) is 0 Å². The normalized spacial score (nSPS) is 9.31. The minimum absolute atomic E-state index is 0.0995. The Hall–Kier alpha value is -1.55. The summed E-state index contributed by atoms with van der Waals surface area (Å²) in [6.45, 7) is 0.0927. The number of benzene rings is 1. The van der Waals surface area contributed by atoms with Crippen LogP contribution >= 0.6 is 0 Å². The zero-order valence-corrected chi connectivity index (χ0v) is 6.99. The summed E-state index contributed by atoms with van der Waals surface area (Å²) in [5, 5.41) is 10.8. The number of aliphatic hydroxyl groups is 1. The molecule has 13 heavy (non-hydrogen) atoms. The van der Waals surface area contributed by atoms with Gasteiger partial charge in [-0.05, 0) is 18.2 Å². The topological polar surface area (TPSA) is 58.6 Å². The first-order valence-electron chi connectivity index (χ1n) is 3.85. The molecule has 0 aliphatic carbocycles. The first kappa shape index (κ1) is 9.54. The van der Waals surface area contributed by atoms with Crippen LogP contribution in [0.3, 0.4) is 0 Å². The van der Waals surface area contributed by atoms with Crippen molar-refractivity contribution in [3.8, 4) is 5.75 Å². The number of hydrogen-bond acceptors (Lipinski definition) is 3. The van der Waals surface area contributed by atoms with Gasteiger partial charge in [0.1, 0.15) is 5.75 Å². The molecule has 2 N–H and O–H groups in total. The van der Waals surface area contributed by atoms with Crippen LogP contribution in [0.5, 0.6) is 5.75 Å². The van der Waals surface area contributed by atoms with Crippen molar-refractivity contribution in [2.45, 2.75) is 0 Å². The summed E-state index contributed by atoms with van der Waals surface area (Å²) in [4.78, 5) is 10.9. The summed E-state index contributed by atoms with van der Waals surface area (Å²) in [5.74, 6) is 0.453. The molecule has 0 aliphatic heterocycles. The molecule has 0 atom stereocenters. The first-order chi connectivity index (χ1) is 6.33. The van der Waals surface area contributed by atoms with E-state index in [0.717, 1.165) is 0 Å². The summed E-state index contributed by atoms with van der Waals surface area (Å²) in [7, 11) is 0. The minimum Gasteiger partial charge on any atom is -0.410 e. The Morgan fingerprint density at radius 2 is 2.23 bits per heavy atom. The third kappa shape index (κ3) is 3.57. The van der Waals surface area contributed by atoms with E-state index < -0.39 is 6.09 Å². The van der Waals surface area contributed by atoms with E-state index in [9.17, 15) is 4.79 Å². The van der Waals surface area contributed by atoms with Crippen LogP contribution in [0.15, 0.2) is 24.3 Å². The highest BCUT2D eigenvalue weighted by Gasteiger charge is 2.00. The van der Waals surface area contributed by atoms with Crippen molar-refractivity contribution >= 4 is 6.09 Å². The molecule has 69 valence electrons. The number of ether oxygens (including phenoxy) is 1. The van der Waals surface area contributed by atoms with Gasteiger partial charge >= 0.3 is 6.09 Å². The molecule has 0 bridgehead atoms. The Bertz CT molecular complexity index is 261. The van der Waals surface area contributed by atoms with Gasteiger partial charge < -0.3 is 15.2 Å². The van der Waals surface area contributed by atoms with Crippen LogP contribution in [-0.2, 0) is 0 Å². The van der Waals surface area contributed by atoms with Crippen molar-refractivity contribution in [3.63, 3.8) is 0 Å². The van der Waals surface area contributed by atoms with Crippen LogP contribution in [0, 0.1) is 6.07 Å². The van der Waals surface area contributed by atoms with Crippen molar-refractivity contribution in [2.75, 3.05) is 13.2 Å². The predicted octanol–water partition coefficient (Wildman–Crippen LogP) is 0.567. The fourth-order valence-corrected chi connectivity index (χ4v) is 0.741. The van der Waals surface area contributed by atoms with Crippen LogP contribution < -0.4 is 10.1 Å². The summed E-state index contributed by atoms with van der Waals surface area (Å²) in [6, 6.07) is 9.34. The van der Waals surface area contributed by atoms with Gasteiger partial charge in [-0.15, -0.1) is 0 Å². The van der Waals surface area contributed by atoms with E-state index in [1.807, 2.05) is 0 Å². The Morgan fingerprint density at radius 3 is 2.85 bits per heavy atom. The monoisotopic (exact) mass is 180 g/mol. The molecule has 1 aromatic carbocycles. The van der Waals surface area contributed by atoms with E-state index in [0.29, 0.717) is 5.75 Å². The molecule has 1 rings (SSSR count). The molecular weight excluding hydrogens is 170 g/mol. The van der Waals surface area contributed by atoms with Gasteiger partial charge in [0.25, 0.3) is 0 Å². The second kappa shape index (κ2) is 5.16. The van der Waals surface area contributed by atoms with Crippen molar-refractivity contribution in [3.05, 3.63) is 30.3 Å². The predicted molar refractivity (Wildman–Crippen MR) is 46.4 cm³/mol. The summed E-state index contributed by atoms with van der Waals surface area (Å²) >= 11 is 0. The van der Waals surface area contributed by atoms with Crippen molar-refractivity contribution in [2.24, 2.45) is 0 Å². The van der Waals surface area contributed by atoms with Crippen molar-refractivity contribution in [1.82, 2.24) is 5.32 Å². The molecule has 0 spiro atoms. The Kier molecular flexibility index (Phi) is 3.78. The van der Waals surface area contributed by atoms with Gasteiger partial charge in [0, 0.05) is 6.54 Å². The van der Waals surface area contributed by atoms with Gasteiger partial charge in [0.2, 0.25) is 0 Å². The molecule has 0 unspecified atom stereocenters. The zero-order chi connectivity index (χ0) is 9.52. The average Bonchev–Trinajstić information content (AvgIpc) is 2.16. The van der Waals surface area contributed by atoms with Crippen molar-refractivity contribution in [1.29, 1.82) is 0 Å². The highest BCUT2D eigenvalue weighted by molar-refractivity contribution is 5.70. The lowest BCUT2D eigenvalue weighted by atomic mass is 10.3. The molecule has 0 heterocycles. The smallest absolute Gasteiger partial charge is 0.410 e. The second-order valence-electron chi connectivity index (χ2n) is 2.28. The third-order valence-electron chi connectivity index (χ3n) is 1.28. The molecule has 0 saturated carbocycles. The SMILES string of the molecule is O=C(NCCO)Oc1cc[c]cc1. The maximum atomic E-state index is 10.9. The Labute approximate surface area is 76.1 Å². The number of rotatable bonds is 3. The van der Waals surface area contributed by atoms with Gasteiger partial charge in [-0.1, -0.05) is 12.1 Å². The third-order valence-corrected chi connectivity index (χ3v) is 1.28. The number of amides is 1. The van der Waals surface area contributed by atoms with Gasteiger partial charge in [0.15, 0.2) is 0 Å². The lowest BCUT2D eigenvalue weighted by Gasteiger charge is -2.03. The molecule has 4 heteroatoms. The van der Waals surface area contributed by atoms with Crippen LogP contribution in [0.1, 0.15) is 0 Å². The maximum absolute atomic E-state index is 10.9. The highest BCUT2D eigenvalue weighted by atomic mass is 16.6. The quantitative estimate of drug-likeness (QED) is 0.714. The average molecular weight is 180 g/mol. The van der Waals surface area contributed by atoms with Crippen molar-refractivity contribution < 1.29 is 14.6 Å². The largest absolute Gasteiger partial charge is 0.412 e. The lowest BCUT2D eigenvalue weighted by Crippen LogP contribution is -2.29. The molecule has 0 fully saturated rings. The molecule has 0 aromatic heterocycles. The van der Waals surface area contributed by atoms with E-state index >= 15 is 0 Å². The number of hydrogen-bond donors (Lipinski definition) is 2. The number of aliphatic hydroxyl groups excluding tert-OH is 1. The molecule has 4 nitrogen and oxygen atoms in total. The highest BCUT2D eigenvalue weighted by Crippen LogP contribution is 2.07. The molecular formula is C9H10NO3. The summed E-state index contributed by atoms with van der Waals surface area (Å²) in [5.41, 5.74) is 0. The van der Waals surface area contributed by atoms with E-state index in [1.54, 1.807) is 24.3 Å². The molecule has 0 aliphatic rings. The lowest BCUT2D eigenvalue weighted by molar-refractivity contribution is 0.195. The fraction of sp³-hybridized carbons (Fsp3) is 0.222. The molecule has 1 aromatic rings. The zero-order valence-electron chi connectivity index (χ0n) is 6.99. The van der Waals surface area contributed by atoms with Gasteiger partial charge in [-0.25, -0.2) is 4.79 Å². The second-order valence-corrected chi connectivity index (χ2v) is 2.28. The number of carbonyl (C=O) groups is 1. The van der Waals surface area contributed by atoms with Gasteiger partial charge in [-0.2, -0.15) is 0 Å². The summed E-state index contributed by atoms with van der Waals surface area (Å²) in [6.07, 6.45) is -0.569. The van der Waals surface area contributed by atoms with Crippen LogP contribution in [0.4, 0.5) is 4.79 Å². The minimum atomic E-state index is -0.569. The molecule has 1 amide bonds. The van der Waals surface area contributed by atoms with E-state index in [1.165, 1.54) is 0 Å². The van der Waals surface area contributed by atoms with Gasteiger partial charge in [0.05, 0.1) is 6.61 Å². The fourth-order valence-electron chi connectivity index (χ4n) is 0.741. The molecule has 1 radical (unpaired) electrons.